The number of para-hydroxylation sites is 1. The standard InChI is InChI=1S/C13H20F2N2O/c1-10(17(2)9-5-8-16)11-6-3-4-7-12(11)18-13(14)15/h3-4,6-7,10,13H,5,8-9,16H2,1-2H3. The van der Waals surface area contributed by atoms with Crippen molar-refractivity contribution in [3.8, 4) is 5.75 Å². The van der Waals surface area contributed by atoms with E-state index in [9.17, 15) is 8.78 Å². The highest BCUT2D eigenvalue weighted by molar-refractivity contribution is 5.35. The zero-order chi connectivity index (χ0) is 13.5. The van der Waals surface area contributed by atoms with Gasteiger partial charge in [0.15, 0.2) is 0 Å². The molecule has 1 aromatic carbocycles. The second-order valence-corrected chi connectivity index (χ2v) is 4.22. The third-order valence-corrected chi connectivity index (χ3v) is 2.96. The molecule has 0 radical (unpaired) electrons. The summed E-state index contributed by atoms with van der Waals surface area (Å²) in [5, 5.41) is 0. The van der Waals surface area contributed by atoms with Crippen molar-refractivity contribution in [2.45, 2.75) is 26.0 Å². The first-order valence-corrected chi connectivity index (χ1v) is 6.00. The van der Waals surface area contributed by atoms with Crippen LogP contribution in [0.5, 0.6) is 5.75 Å². The summed E-state index contributed by atoms with van der Waals surface area (Å²) in [5.74, 6) is 0.236. The molecule has 18 heavy (non-hydrogen) atoms. The van der Waals surface area contributed by atoms with Crippen LogP contribution in [0.15, 0.2) is 24.3 Å². The molecule has 102 valence electrons. The topological polar surface area (TPSA) is 38.5 Å². The second kappa shape index (κ2) is 7.28. The van der Waals surface area contributed by atoms with Crippen LogP contribution in [0.1, 0.15) is 24.9 Å². The molecule has 0 amide bonds. The third-order valence-electron chi connectivity index (χ3n) is 2.96. The van der Waals surface area contributed by atoms with E-state index in [1.165, 1.54) is 0 Å². The average Bonchev–Trinajstić information content (AvgIpc) is 2.35. The van der Waals surface area contributed by atoms with Gasteiger partial charge in [0.05, 0.1) is 0 Å². The van der Waals surface area contributed by atoms with Gasteiger partial charge in [0, 0.05) is 11.6 Å². The SMILES string of the molecule is CC(c1ccccc1OC(F)F)N(C)CCCN. The molecule has 1 unspecified atom stereocenters. The summed E-state index contributed by atoms with van der Waals surface area (Å²) in [5.41, 5.74) is 6.22. The smallest absolute Gasteiger partial charge is 0.387 e. The molecule has 0 aliphatic rings. The van der Waals surface area contributed by atoms with Gasteiger partial charge in [0.25, 0.3) is 0 Å². The van der Waals surface area contributed by atoms with E-state index in [2.05, 4.69) is 9.64 Å². The van der Waals surface area contributed by atoms with Crippen molar-refractivity contribution >= 4 is 0 Å². The highest BCUT2D eigenvalue weighted by atomic mass is 19.3. The zero-order valence-electron chi connectivity index (χ0n) is 10.8. The van der Waals surface area contributed by atoms with Crippen molar-refractivity contribution in [1.82, 2.24) is 4.90 Å². The summed E-state index contributed by atoms with van der Waals surface area (Å²) >= 11 is 0. The molecule has 0 fully saturated rings. The molecule has 5 heteroatoms. The molecule has 1 aromatic rings. The van der Waals surface area contributed by atoms with E-state index < -0.39 is 6.61 Å². The Morgan fingerprint density at radius 3 is 2.61 bits per heavy atom. The maximum absolute atomic E-state index is 12.3. The molecule has 0 saturated carbocycles. The Balaban J connectivity index is 2.80. The molecule has 0 aliphatic heterocycles. The number of ether oxygens (including phenoxy) is 1. The summed E-state index contributed by atoms with van der Waals surface area (Å²) in [6.45, 7) is 0.601. The number of halogens is 2. The lowest BCUT2D eigenvalue weighted by molar-refractivity contribution is -0.0510. The van der Waals surface area contributed by atoms with Crippen LogP contribution in [0.3, 0.4) is 0 Å². The van der Waals surface area contributed by atoms with E-state index in [1.807, 2.05) is 20.0 Å². The Labute approximate surface area is 107 Å². The third kappa shape index (κ3) is 4.23. The highest BCUT2D eigenvalue weighted by Crippen LogP contribution is 2.29. The van der Waals surface area contributed by atoms with Gasteiger partial charge in [-0.1, -0.05) is 18.2 Å². The lowest BCUT2D eigenvalue weighted by Crippen LogP contribution is -2.25. The minimum absolute atomic E-state index is 0.00602. The van der Waals surface area contributed by atoms with E-state index in [4.69, 9.17) is 5.73 Å². The zero-order valence-corrected chi connectivity index (χ0v) is 10.8. The summed E-state index contributed by atoms with van der Waals surface area (Å²) in [6, 6.07) is 6.89. The van der Waals surface area contributed by atoms with E-state index >= 15 is 0 Å². The Morgan fingerprint density at radius 1 is 1.33 bits per heavy atom. The van der Waals surface area contributed by atoms with Gasteiger partial charge in [-0.25, -0.2) is 0 Å². The van der Waals surface area contributed by atoms with E-state index in [1.54, 1.807) is 18.2 Å². The summed E-state index contributed by atoms with van der Waals surface area (Å²) in [4.78, 5) is 2.07. The molecule has 0 spiro atoms. The van der Waals surface area contributed by atoms with Crippen molar-refractivity contribution in [3.63, 3.8) is 0 Å². The largest absolute Gasteiger partial charge is 0.434 e. The van der Waals surface area contributed by atoms with Crippen molar-refractivity contribution in [1.29, 1.82) is 0 Å². The van der Waals surface area contributed by atoms with Crippen molar-refractivity contribution in [2.75, 3.05) is 20.1 Å². The number of rotatable bonds is 7. The molecule has 0 aliphatic carbocycles. The quantitative estimate of drug-likeness (QED) is 0.817. The molecule has 0 saturated heterocycles. The number of benzene rings is 1. The first kappa shape index (κ1) is 14.9. The van der Waals surface area contributed by atoms with Gasteiger partial charge in [-0.3, -0.25) is 4.90 Å². The minimum atomic E-state index is -2.80. The average molecular weight is 258 g/mol. The lowest BCUT2D eigenvalue weighted by Gasteiger charge is -2.26. The van der Waals surface area contributed by atoms with Crippen LogP contribution in [0.25, 0.3) is 0 Å². The fourth-order valence-corrected chi connectivity index (χ4v) is 1.80. The Bertz CT molecular complexity index is 361. The lowest BCUT2D eigenvalue weighted by atomic mass is 10.1. The maximum atomic E-state index is 12.3. The van der Waals surface area contributed by atoms with Crippen LogP contribution >= 0.6 is 0 Å². The van der Waals surface area contributed by atoms with Crippen LogP contribution in [-0.4, -0.2) is 31.6 Å². The van der Waals surface area contributed by atoms with Gasteiger partial charge in [0.2, 0.25) is 0 Å². The second-order valence-electron chi connectivity index (χ2n) is 4.22. The molecule has 0 heterocycles. The number of alkyl halides is 2. The molecule has 3 nitrogen and oxygen atoms in total. The Hall–Kier alpha value is -1.20. The number of nitrogens with zero attached hydrogens (tertiary/aromatic N) is 1. The van der Waals surface area contributed by atoms with Crippen molar-refractivity contribution in [2.24, 2.45) is 5.73 Å². The van der Waals surface area contributed by atoms with Gasteiger partial charge in [0.1, 0.15) is 5.75 Å². The molecule has 1 atom stereocenters. The fraction of sp³-hybridized carbons (Fsp3) is 0.538. The summed E-state index contributed by atoms with van der Waals surface area (Å²) < 4.78 is 29.2. The van der Waals surface area contributed by atoms with Gasteiger partial charge in [-0.15, -0.1) is 0 Å². The van der Waals surface area contributed by atoms with Gasteiger partial charge in [-0.2, -0.15) is 8.78 Å². The number of nitrogens with two attached hydrogens (primary N) is 1. The first-order valence-electron chi connectivity index (χ1n) is 6.00. The Morgan fingerprint density at radius 2 is 2.00 bits per heavy atom. The fourth-order valence-electron chi connectivity index (χ4n) is 1.80. The van der Waals surface area contributed by atoms with Crippen LogP contribution in [0.4, 0.5) is 8.78 Å². The predicted octanol–water partition coefficient (Wildman–Crippen LogP) is 2.63. The minimum Gasteiger partial charge on any atom is -0.434 e. The molecule has 1 rings (SSSR count). The monoisotopic (exact) mass is 258 g/mol. The molecule has 2 N–H and O–H groups in total. The first-order chi connectivity index (χ1) is 8.56. The molecule has 0 aromatic heterocycles. The van der Waals surface area contributed by atoms with E-state index in [0.717, 1.165) is 18.5 Å². The predicted molar refractivity (Wildman–Crippen MR) is 67.8 cm³/mol. The molecular weight excluding hydrogens is 238 g/mol. The van der Waals surface area contributed by atoms with Crippen LogP contribution in [0.2, 0.25) is 0 Å². The van der Waals surface area contributed by atoms with Crippen LogP contribution in [0, 0.1) is 0 Å². The molecule has 0 bridgehead atoms. The number of hydrogen-bond donors (Lipinski definition) is 1. The van der Waals surface area contributed by atoms with Gasteiger partial charge < -0.3 is 10.5 Å². The number of hydrogen-bond acceptors (Lipinski definition) is 3. The summed E-state index contributed by atoms with van der Waals surface area (Å²) in [7, 11) is 1.94. The van der Waals surface area contributed by atoms with E-state index in [-0.39, 0.29) is 11.8 Å². The van der Waals surface area contributed by atoms with Gasteiger partial charge in [-0.05, 0) is 39.5 Å². The maximum Gasteiger partial charge on any atom is 0.387 e. The van der Waals surface area contributed by atoms with E-state index in [0.29, 0.717) is 6.54 Å². The van der Waals surface area contributed by atoms with Crippen LogP contribution < -0.4 is 10.5 Å². The normalized spacial score (nSPS) is 13.1. The highest BCUT2D eigenvalue weighted by Gasteiger charge is 2.17. The molecular formula is C13H20F2N2O. The summed E-state index contributed by atoms with van der Waals surface area (Å²) in [6.07, 6.45) is 0.874. The van der Waals surface area contributed by atoms with Crippen LogP contribution in [-0.2, 0) is 0 Å². The van der Waals surface area contributed by atoms with Crippen molar-refractivity contribution < 1.29 is 13.5 Å². The van der Waals surface area contributed by atoms with Crippen molar-refractivity contribution in [3.05, 3.63) is 29.8 Å². The Kier molecular flexibility index (Phi) is 6.01. The van der Waals surface area contributed by atoms with Gasteiger partial charge >= 0.3 is 6.61 Å².